The number of aromatic nitrogens is 2. The molecule has 6 nitrogen and oxygen atoms in total. The molecule has 3 aromatic carbocycles. The highest BCUT2D eigenvalue weighted by Gasteiger charge is 2.38. The number of rotatable bonds is 7. The lowest BCUT2D eigenvalue weighted by Crippen LogP contribution is -2.21. The van der Waals surface area contributed by atoms with Gasteiger partial charge in [0.1, 0.15) is 17.3 Å². The number of aliphatic carboxylic acids is 1. The molecule has 0 aliphatic heterocycles. The number of nitrogens with one attached hydrogen (secondary N) is 2. The molecule has 3 N–H and O–H groups in total. The number of hydrogen-bond acceptors (Lipinski definition) is 5. The highest BCUT2D eigenvalue weighted by Crippen LogP contribution is 2.24. The Labute approximate surface area is 210 Å². The minimum Gasteiger partial charge on any atom is -0.475 e. The fourth-order valence-corrected chi connectivity index (χ4v) is 3.48. The van der Waals surface area contributed by atoms with Gasteiger partial charge in [-0.1, -0.05) is 35.9 Å². The van der Waals surface area contributed by atoms with Crippen molar-refractivity contribution in [2.75, 3.05) is 4.72 Å². The normalized spacial score (nSPS) is 10.8. The SMILES string of the molecule is CC(C)=CSNc1ccc2nc(Cc3ccc(Oc4ccccc4)cc3)[nH]c2c1.O=C(O)C(F)(F)F. The van der Waals surface area contributed by atoms with Crippen LogP contribution < -0.4 is 9.46 Å². The van der Waals surface area contributed by atoms with Crippen LogP contribution in [0.15, 0.2) is 83.8 Å². The van der Waals surface area contributed by atoms with Gasteiger partial charge < -0.3 is 19.5 Å². The van der Waals surface area contributed by atoms with Crippen LogP contribution in [0, 0.1) is 0 Å². The van der Waals surface area contributed by atoms with E-state index in [0.717, 1.165) is 40.5 Å². The lowest BCUT2D eigenvalue weighted by Gasteiger charge is -2.06. The molecule has 0 saturated carbocycles. The standard InChI is InChI=1S/C24H23N3OS.C2HF3O2/c1-17(2)16-29-27-19-10-13-22-23(15-19)26-24(25-22)14-18-8-11-21(12-9-18)28-20-6-4-3-5-7-20;3-2(4,5)1(6)7/h3-13,15-16,27H,14H2,1-2H3,(H,25,26);(H,6,7). The fourth-order valence-electron chi connectivity index (χ4n) is 2.92. The van der Waals surface area contributed by atoms with E-state index in [-0.39, 0.29) is 0 Å². The van der Waals surface area contributed by atoms with E-state index < -0.39 is 12.1 Å². The monoisotopic (exact) mass is 515 g/mol. The number of carboxylic acid groups (broad SMARTS) is 1. The molecule has 10 heteroatoms. The van der Waals surface area contributed by atoms with Crippen LogP contribution in [0.2, 0.25) is 0 Å². The number of hydrogen-bond donors (Lipinski definition) is 3. The first-order valence-corrected chi connectivity index (χ1v) is 11.6. The minimum atomic E-state index is -5.08. The first-order valence-electron chi connectivity index (χ1n) is 10.8. The van der Waals surface area contributed by atoms with E-state index in [4.69, 9.17) is 19.6 Å². The Morgan fingerprint density at radius 2 is 1.69 bits per heavy atom. The summed E-state index contributed by atoms with van der Waals surface area (Å²) >= 11 is 1.58. The molecule has 1 heterocycles. The van der Waals surface area contributed by atoms with Gasteiger partial charge in [-0.15, -0.1) is 0 Å². The van der Waals surface area contributed by atoms with Crippen LogP contribution in [0.1, 0.15) is 25.2 Å². The summed E-state index contributed by atoms with van der Waals surface area (Å²) in [6.07, 6.45) is -4.34. The summed E-state index contributed by atoms with van der Waals surface area (Å²) in [5.74, 6) is -0.142. The molecule has 0 fully saturated rings. The summed E-state index contributed by atoms with van der Waals surface area (Å²) in [7, 11) is 0. The Hall–Kier alpha value is -3.92. The number of H-pyrrole nitrogens is 1. The third-order valence-electron chi connectivity index (χ3n) is 4.52. The zero-order valence-corrected chi connectivity index (χ0v) is 20.3. The molecule has 188 valence electrons. The fraction of sp³-hybridized carbons (Fsp3) is 0.154. The van der Waals surface area contributed by atoms with E-state index in [0.29, 0.717) is 0 Å². The Balaban J connectivity index is 0.000000454. The topological polar surface area (TPSA) is 87.2 Å². The molecule has 0 radical (unpaired) electrons. The molecule has 0 amide bonds. The first kappa shape index (κ1) is 26.7. The van der Waals surface area contributed by atoms with Gasteiger partial charge in [-0.2, -0.15) is 13.2 Å². The number of allylic oxidation sites excluding steroid dienone is 1. The molecule has 0 atom stereocenters. The van der Waals surface area contributed by atoms with Crippen molar-refractivity contribution in [2.24, 2.45) is 0 Å². The molecule has 36 heavy (non-hydrogen) atoms. The van der Waals surface area contributed by atoms with Gasteiger partial charge >= 0.3 is 12.1 Å². The highest BCUT2D eigenvalue weighted by atomic mass is 32.2. The van der Waals surface area contributed by atoms with Crippen molar-refractivity contribution >= 4 is 34.6 Å². The van der Waals surface area contributed by atoms with Gasteiger partial charge in [-0.25, -0.2) is 9.78 Å². The number of anilines is 1. The number of ether oxygens (including phenoxy) is 1. The number of benzene rings is 3. The van der Waals surface area contributed by atoms with Gasteiger partial charge in [0.25, 0.3) is 0 Å². The number of para-hydroxylation sites is 1. The third kappa shape index (κ3) is 8.38. The predicted octanol–water partition coefficient (Wildman–Crippen LogP) is 7.56. The van der Waals surface area contributed by atoms with Gasteiger partial charge in [-0.05, 0) is 79.2 Å². The Kier molecular flexibility index (Phi) is 9.02. The molecule has 0 unspecified atom stereocenters. The van der Waals surface area contributed by atoms with E-state index in [1.165, 1.54) is 11.1 Å². The summed E-state index contributed by atoms with van der Waals surface area (Å²) in [5, 5.41) is 9.22. The zero-order chi connectivity index (χ0) is 26.1. The second-order valence-electron chi connectivity index (χ2n) is 7.87. The van der Waals surface area contributed by atoms with Crippen LogP contribution in [0.3, 0.4) is 0 Å². The minimum absolute atomic E-state index is 0.746. The number of imidazole rings is 1. The van der Waals surface area contributed by atoms with Gasteiger partial charge in [0.05, 0.1) is 11.0 Å². The number of nitrogens with zero attached hydrogens (tertiary/aromatic N) is 1. The number of carboxylic acids is 1. The maximum absolute atomic E-state index is 10.6. The van der Waals surface area contributed by atoms with E-state index in [2.05, 4.69) is 53.2 Å². The molecule has 4 rings (SSSR count). The maximum Gasteiger partial charge on any atom is 0.490 e. The molecule has 4 aromatic rings. The van der Waals surface area contributed by atoms with E-state index in [1.54, 1.807) is 11.9 Å². The largest absolute Gasteiger partial charge is 0.490 e. The smallest absolute Gasteiger partial charge is 0.475 e. The van der Waals surface area contributed by atoms with Crippen LogP contribution in [0.5, 0.6) is 11.5 Å². The van der Waals surface area contributed by atoms with Gasteiger partial charge in [-0.3, -0.25) is 0 Å². The average molecular weight is 516 g/mol. The van der Waals surface area contributed by atoms with Gasteiger partial charge in [0, 0.05) is 12.1 Å². The van der Waals surface area contributed by atoms with Gasteiger partial charge in [0.2, 0.25) is 0 Å². The summed E-state index contributed by atoms with van der Waals surface area (Å²) in [5.41, 5.74) is 5.51. The molecular weight excluding hydrogens is 491 g/mol. The summed E-state index contributed by atoms with van der Waals surface area (Å²) in [6, 6.07) is 24.1. The Morgan fingerprint density at radius 1 is 1.06 bits per heavy atom. The van der Waals surface area contributed by atoms with Gasteiger partial charge in [0.15, 0.2) is 0 Å². The summed E-state index contributed by atoms with van der Waals surface area (Å²) in [6.45, 7) is 4.17. The summed E-state index contributed by atoms with van der Waals surface area (Å²) < 4.78 is 40.9. The highest BCUT2D eigenvalue weighted by molar-refractivity contribution is 8.03. The van der Waals surface area contributed by atoms with Crippen LogP contribution >= 0.6 is 11.9 Å². The Bertz CT molecular complexity index is 1320. The van der Waals surface area contributed by atoms with Crippen LogP contribution in [0.25, 0.3) is 11.0 Å². The third-order valence-corrected chi connectivity index (χ3v) is 5.46. The first-order chi connectivity index (χ1) is 17.1. The van der Waals surface area contributed by atoms with Crippen molar-refractivity contribution in [3.8, 4) is 11.5 Å². The lowest BCUT2D eigenvalue weighted by molar-refractivity contribution is -0.192. The van der Waals surface area contributed by atoms with Crippen molar-refractivity contribution in [3.05, 3.63) is 95.2 Å². The number of aromatic amines is 1. The van der Waals surface area contributed by atoms with E-state index in [9.17, 15) is 13.2 Å². The van der Waals surface area contributed by atoms with Crippen LogP contribution in [-0.2, 0) is 11.2 Å². The second kappa shape index (κ2) is 12.2. The Morgan fingerprint density at radius 3 is 2.31 bits per heavy atom. The molecule has 0 aliphatic rings. The van der Waals surface area contributed by atoms with Crippen LogP contribution in [-0.4, -0.2) is 27.2 Å². The van der Waals surface area contributed by atoms with E-state index >= 15 is 0 Å². The molecule has 0 bridgehead atoms. The van der Waals surface area contributed by atoms with Crippen molar-refractivity contribution in [2.45, 2.75) is 26.4 Å². The van der Waals surface area contributed by atoms with Crippen molar-refractivity contribution in [3.63, 3.8) is 0 Å². The van der Waals surface area contributed by atoms with Crippen molar-refractivity contribution < 1.29 is 27.8 Å². The molecule has 0 saturated heterocycles. The number of halogens is 3. The van der Waals surface area contributed by atoms with Crippen molar-refractivity contribution in [1.29, 1.82) is 0 Å². The molecule has 1 aromatic heterocycles. The van der Waals surface area contributed by atoms with E-state index in [1.807, 2.05) is 48.5 Å². The zero-order valence-electron chi connectivity index (χ0n) is 19.5. The maximum atomic E-state index is 10.6. The quantitative estimate of drug-likeness (QED) is 0.220. The average Bonchev–Trinajstić information content (AvgIpc) is 3.22. The number of fused-ring (bicyclic) bond motifs is 1. The second-order valence-corrected chi connectivity index (χ2v) is 8.54. The molecule has 0 spiro atoms. The van der Waals surface area contributed by atoms with Crippen LogP contribution in [0.4, 0.5) is 18.9 Å². The lowest BCUT2D eigenvalue weighted by atomic mass is 10.1. The predicted molar refractivity (Wildman–Crippen MR) is 136 cm³/mol. The molecular formula is C26H24F3N3O3S. The molecule has 0 aliphatic carbocycles. The summed E-state index contributed by atoms with van der Waals surface area (Å²) in [4.78, 5) is 17.0. The number of alkyl halides is 3. The number of carbonyl (C=O) groups is 1. The van der Waals surface area contributed by atoms with Crippen molar-refractivity contribution in [1.82, 2.24) is 9.97 Å².